The molecule has 112 valence electrons. The summed E-state index contributed by atoms with van der Waals surface area (Å²) in [6, 6.07) is 1.32. The van der Waals surface area contributed by atoms with Crippen LogP contribution < -0.4 is 5.32 Å². The van der Waals surface area contributed by atoms with E-state index in [0.717, 1.165) is 6.61 Å². The largest absolute Gasteiger partial charge is 0.378 e. The fraction of sp³-hybridized carbons (Fsp3) is 1.00. The molecule has 0 aromatic rings. The lowest BCUT2D eigenvalue weighted by molar-refractivity contribution is -0.132. The van der Waals surface area contributed by atoms with Gasteiger partial charge in [-0.3, -0.25) is 0 Å². The smallest absolute Gasteiger partial charge is 0.0661 e. The van der Waals surface area contributed by atoms with E-state index in [4.69, 9.17) is 4.74 Å². The molecule has 1 spiro atoms. The molecule has 2 rings (SSSR count). The summed E-state index contributed by atoms with van der Waals surface area (Å²) in [5.41, 5.74) is 0.475. The van der Waals surface area contributed by atoms with Gasteiger partial charge in [-0.05, 0) is 60.2 Å². The Bertz CT molecular complexity index is 274. The fourth-order valence-corrected chi connectivity index (χ4v) is 4.00. The van der Waals surface area contributed by atoms with E-state index in [-0.39, 0.29) is 0 Å². The Labute approximate surface area is 119 Å². The lowest BCUT2D eigenvalue weighted by atomic mass is 9.60. The first-order valence-electron chi connectivity index (χ1n) is 8.11. The van der Waals surface area contributed by atoms with Gasteiger partial charge in [0.15, 0.2) is 0 Å². The molecule has 0 bridgehead atoms. The van der Waals surface area contributed by atoms with Crippen molar-refractivity contribution in [3.05, 3.63) is 0 Å². The molecule has 3 nitrogen and oxygen atoms in total. The summed E-state index contributed by atoms with van der Waals surface area (Å²) >= 11 is 0. The van der Waals surface area contributed by atoms with Gasteiger partial charge in [-0.1, -0.05) is 12.8 Å². The average Bonchev–Trinajstić information content (AvgIpc) is 2.87. The molecule has 2 fully saturated rings. The highest BCUT2D eigenvalue weighted by Gasteiger charge is 2.56. The number of nitrogens with zero attached hydrogens (tertiary/aromatic N) is 1. The predicted octanol–water partition coefficient (Wildman–Crippen LogP) is 2.65. The molecule has 0 aromatic carbocycles. The van der Waals surface area contributed by atoms with E-state index in [1.807, 2.05) is 0 Å². The van der Waals surface area contributed by atoms with E-state index >= 15 is 0 Å². The van der Waals surface area contributed by atoms with Gasteiger partial charge in [-0.15, -0.1) is 0 Å². The SMILES string of the molecule is CCOC1CC(NC(C)CCN(C)C)C12CCCC2. The maximum absolute atomic E-state index is 5.98. The molecular weight excluding hydrogens is 236 g/mol. The summed E-state index contributed by atoms with van der Waals surface area (Å²) < 4.78 is 5.98. The van der Waals surface area contributed by atoms with Gasteiger partial charge in [0.1, 0.15) is 0 Å². The van der Waals surface area contributed by atoms with Crippen LogP contribution in [0.4, 0.5) is 0 Å². The quantitative estimate of drug-likeness (QED) is 0.768. The monoisotopic (exact) mass is 268 g/mol. The molecule has 0 amide bonds. The Hall–Kier alpha value is -0.120. The summed E-state index contributed by atoms with van der Waals surface area (Å²) in [4.78, 5) is 2.27. The minimum absolute atomic E-state index is 0.475. The van der Waals surface area contributed by atoms with Crippen LogP contribution in [-0.2, 0) is 4.74 Å². The zero-order valence-corrected chi connectivity index (χ0v) is 13.2. The Balaban J connectivity index is 1.83. The van der Waals surface area contributed by atoms with Crippen molar-refractivity contribution >= 4 is 0 Å². The van der Waals surface area contributed by atoms with Crippen LogP contribution in [0.25, 0.3) is 0 Å². The molecule has 3 atom stereocenters. The van der Waals surface area contributed by atoms with Crippen LogP contribution >= 0.6 is 0 Å². The Morgan fingerprint density at radius 3 is 2.58 bits per heavy atom. The van der Waals surface area contributed by atoms with Crippen molar-refractivity contribution in [3.63, 3.8) is 0 Å². The van der Waals surface area contributed by atoms with E-state index < -0.39 is 0 Å². The standard InChI is InChI=1S/C16H32N2O/c1-5-19-15-12-14(16(15)9-6-7-10-16)17-13(2)8-11-18(3)4/h13-15,17H,5-12H2,1-4H3. The van der Waals surface area contributed by atoms with Crippen LogP contribution in [0, 0.1) is 5.41 Å². The third-order valence-electron chi connectivity index (χ3n) is 5.18. The zero-order valence-electron chi connectivity index (χ0n) is 13.2. The molecule has 3 unspecified atom stereocenters. The maximum atomic E-state index is 5.98. The van der Waals surface area contributed by atoms with Gasteiger partial charge >= 0.3 is 0 Å². The summed E-state index contributed by atoms with van der Waals surface area (Å²) in [6.07, 6.45) is 8.52. The van der Waals surface area contributed by atoms with Gasteiger partial charge in [0, 0.05) is 24.1 Å². The first-order valence-corrected chi connectivity index (χ1v) is 8.11. The lowest BCUT2D eigenvalue weighted by Crippen LogP contribution is -2.64. The Morgan fingerprint density at radius 2 is 2.00 bits per heavy atom. The highest BCUT2D eigenvalue weighted by Crippen LogP contribution is 2.54. The van der Waals surface area contributed by atoms with Gasteiger partial charge < -0.3 is 15.0 Å². The van der Waals surface area contributed by atoms with Crippen LogP contribution in [0.1, 0.15) is 52.4 Å². The van der Waals surface area contributed by atoms with Crippen LogP contribution in [-0.4, -0.2) is 50.3 Å². The second kappa shape index (κ2) is 6.55. The molecule has 0 saturated heterocycles. The second-order valence-electron chi connectivity index (χ2n) is 6.83. The summed E-state index contributed by atoms with van der Waals surface area (Å²) in [5.74, 6) is 0. The molecular formula is C16H32N2O. The molecule has 2 aliphatic rings. The number of hydrogen-bond acceptors (Lipinski definition) is 3. The van der Waals surface area contributed by atoms with Crippen molar-refractivity contribution < 1.29 is 4.74 Å². The zero-order chi connectivity index (χ0) is 13.9. The molecule has 1 N–H and O–H groups in total. The highest BCUT2D eigenvalue weighted by molar-refractivity contribution is 5.10. The molecule has 2 saturated carbocycles. The summed E-state index contributed by atoms with van der Waals surface area (Å²) in [5, 5.41) is 3.89. The predicted molar refractivity (Wildman–Crippen MR) is 80.5 cm³/mol. The van der Waals surface area contributed by atoms with Crippen molar-refractivity contribution in [1.82, 2.24) is 10.2 Å². The van der Waals surface area contributed by atoms with E-state index in [1.54, 1.807) is 0 Å². The molecule has 19 heavy (non-hydrogen) atoms. The number of ether oxygens (including phenoxy) is 1. The van der Waals surface area contributed by atoms with Crippen molar-refractivity contribution in [1.29, 1.82) is 0 Å². The van der Waals surface area contributed by atoms with Crippen LogP contribution in [0.15, 0.2) is 0 Å². The average molecular weight is 268 g/mol. The molecule has 0 aliphatic heterocycles. The van der Waals surface area contributed by atoms with Gasteiger partial charge in [-0.2, -0.15) is 0 Å². The van der Waals surface area contributed by atoms with E-state index in [9.17, 15) is 0 Å². The van der Waals surface area contributed by atoms with Crippen LogP contribution in [0.2, 0.25) is 0 Å². The Kier molecular flexibility index (Phi) is 5.27. The number of hydrogen-bond donors (Lipinski definition) is 1. The van der Waals surface area contributed by atoms with Crippen LogP contribution in [0.5, 0.6) is 0 Å². The maximum Gasteiger partial charge on any atom is 0.0661 e. The van der Waals surface area contributed by atoms with Crippen LogP contribution in [0.3, 0.4) is 0 Å². The van der Waals surface area contributed by atoms with Crippen molar-refractivity contribution in [2.24, 2.45) is 5.41 Å². The first kappa shape index (κ1) is 15.3. The third kappa shape index (κ3) is 3.32. The number of nitrogens with one attached hydrogen (secondary N) is 1. The minimum atomic E-state index is 0.475. The van der Waals surface area contributed by atoms with Gasteiger partial charge in [-0.25, -0.2) is 0 Å². The lowest BCUT2D eigenvalue weighted by Gasteiger charge is -2.55. The topological polar surface area (TPSA) is 24.5 Å². The molecule has 0 aromatic heterocycles. The van der Waals surface area contributed by atoms with Gasteiger partial charge in [0.2, 0.25) is 0 Å². The van der Waals surface area contributed by atoms with E-state index in [0.29, 0.717) is 23.6 Å². The normalized spacial score (nSPS) is 30.8. The van der Waals surface area contributed by atoms with Gasteiger partial charge in [0.05, 0.1) is 6.10 Å². The van der Waals surface area contributed by atoms with Crippen molar-refractivity contribution in [2.45, 2.75) is 70.6 Å². The molecule has 3 heteroatoms. The summed E-state index contributed by atoms with van der Waals surface area (Å²) in [7, 11) is 4.30. The molecule has 0 heterocycles. The third-order valence-corrected chi connectivity index (χ3v) is 5.18. The highest BCUT2D eigenvalue weighted by atomic mass is 16.5. The first-order chi connectivity index (χ1) is 9.08. The fourth-order valence-electron chi connectivity index (χ4n) is 4.00. The van der Waals surface area contributed by atoms with Gasteiger partial charge in [0.25, 0.3) is 0 Å². The second-order valence-corrected chi connectivity index (χ2v) is 6.83. The summed E-state index contributed by atoms with van der Waals surface area (Å²) in [6.45, 7) is 6.50. The van der Waals surface area contributed by atoms with E-state index in [1.165, 1.54) is 45.1 Å². The molecule has 2 aliphatic carbocycles. The van der Waals surface area contributed by atoms with E-state index in [2.05, 4.69) is 38.2 Å². The van der Waals surface area contributed by atoms with Crippen molar-refractivity contribution in [2.75, 3.05) is 27.2 Å². The molecule has 0 radical (unpaired) electrons. The van der Waals surface area contributed by atoms with Crippen molar-refractivity contribution in [3.8, 4) is 0 Å². The Morgan fingerprint density at radius 1 is 1.32 bits per heavy atom. The number of rotatable bonds is 7. The minimum Gasteiger partial charge on any atom is -0.378 e.